The maximum absolute atomic E-state index is 12.0. The number of likely N-dealkylation sites (tertiary alicyclic amines) is 1. The summed E-state index contributed by atoms with van der Waals surface area (Å²) in [6.07, 6.45) is 1.17. The smallest absolute Gasteiger partial charge is 0.410 e. The summed E-state index contributed by atoms with van der Waals surface area (Å²) in [5, 5.41) is 4.88. The minimum atomic E-state index is -0.645. The average molecular weight is 319 g/mol. The molecule has 0 saturated carbocycles. The van der Waals surface area contributed by atoms with E-state index in [2.05, 4.69) is 10.6 Å². The highest BCUT2D eigenvalue weighted by Crippen LogP contribution is 2.18. The van der Waals surface area contributed by atoms with Crippen LogP contribution in [0.4, 0.5) is 4.79 Å². The standard InChI is InChI=1S/C16H21N3O4/c1-17-14(20)15(21)18-11-12-7-9-19(10-8-12)16(22)23-13-5-3-2-4-6-13/h2-6,12H,7-11H2,1H3,(H,17,20)(H,18,21). The molecule has 2 N–H and O–H groups in total. The Kier molecular flexibility index (Phi) is 5.96. The summed E-state index contributed by atoms with van der Waals surface area (Å²) in [5.41, 5.74) is 0. The van der Waals surface area contributed by atoms with Gasteiger partial charge in [0.2, 0.25) is 0 Å². The van der Waals surface area contributed by atoms with Crippen molar-refractivity contribution in [3.05, 3.63) is 30.3 Å². The number of para-hydroxylation sites is 1. The number of ether oxygens (including phenoxy) is 1. The molecule has 0 spiro atoms. The number of rotatable bonds is 3. The second-order valence-corrected chi connectivity index (χ2v) is 5.40. The Morgan fingerprint density at radius 3 is 2.39 bits per heavy atom. The maximum Gasteiger partial charge on any atom is 0.415 e. The van der Waals surface area contributed by atoms with Gasteiger partial charge in [-0.1, -0.05) is 18.2 Å². The fourth-order valence-corrected chi connectivity index (χ4v) is 2.40. The lowest BCUT2D eigenvalue weighted by Crippen LogP contribution is -2.44. The Morgan fingerprint density at radius 1 is 1.13 bits per heavy atom. The van der Waals surface area contributed by atoms with E-state index in [4.69, 9.17) is 4.74 Å². The van der Waals surface area contributed by atoms with Crippen molar-refractivity contribution in [3.63, 3.8) is 0 Å². The summed E-state index contributed by atoms with van der Waals surface area (Å²) in [6.45, 7) is 1.59. The Balaban J connectivity index is 1.72. The Hall–Kier alpha value is -2.57. The van der Waals surface area contributed by atoms with Gasteiger partial charge >= 0.3 is 17.9 Å². The lowest BCUT2D eigenvalue weighted by atomic mass is 9.97. The number of nitrogens with one attached hydrogen (secondary N) is 2. The monoisotopic (exact) mass is 319 g/mol. The van der Waals surface area contributed by atoms with Gasteiger partial charge in [0, 0.05) is 26.7 Å². The zero-order valence-corrected chi connectivity index (χ0v) is 13.1. The minimum Gasteiger partial charge on any atom is -0.410 e. The number of nitrogens with zero attached hydrogens (tertiary/aromatic N) is 1. The number of hydrogen-bond acceptors (Lipinski definition) is 4. The van der Waals surface area contributed by atoms with Crippen LogP contribution < -0.4 is 15.4 Å². The predicted octanol–water partition coefficient (Wildman–Crippen LogP) is 0.760. The molecule has 23 heavy (non-hydrogen) atoms. The molecule has 0 aliphatic carbocycles. The predicted molar refractivity (Wildman–Crippen MR) is 83.8 cm³/mol. The first-order valence-corrected chi connectivity index (χ1v) is 7.62. The minimum absolute atomic E-state index is 0.254. The van der Waals surface area contributed by atoms with E-state index in [0.29, 0.717) is 25.4 Å². The molecule has 7 nitrogen and oxygen atoms in total. The lowest BCUT2D eigenvalue weighted by Gasteiger charge is -2.31. The number of piperidine rings is 1. The van der Waals surface area contributed by atoms with Crippen LogP contribution in [0.15, 0.2) is 30.3 Å². The molecule has 1 aliphatic rings. The van der Waals surface area contributed by atoms with Gasteiger partial charge in [0.15, 0.2) is 0 Å². The first-order valence-electron chi connectivity index (χ1n) is 7.62. The van der Waals surface area contributed by atoms with Gasteiger partial charge in [-0.25, -0.2) is 4.79 Å². The van der Waals surface area contributed by atoms with E-state index in [1.807, 2.05) is 18.2 Å². The molecule has 1 heterocycles. The summed E-state index contributed by atoms with van der Waals surface area (Å²) in [4.78, 5) is 36.2. The molecular formula is C16H21N3O4. The molecule has 0 bridgehead atoms. The molecular weight excluding hydrogens is 298 g/mol. The largest absolute Gasteiger partial charge is 0.415 e. The van der Waals surface area contributed by atoms with Gasteiger partial charge in [0.1, 0.15) is 5.75 Å². The topological polar surface area (TPSA) is 87.7 Å². The molecule has 1 aromatic rings. The van der Waals surface area contributed by atoms with E-state index < -0.39 is 11.8 Å². The molecule has 7 heteroatoms. The van der Waals surface area contributed by atoms with Gasteiger partial charge in [-0.3, -0.25) is 9.59 Å². The second kappa shape index (κ2) is 8.17. The molecule has 1 fully saturated rings. The Labute approximate surface area is 135 Å². The van der Waals surface area contributed by atoms with E-state index in [-0.39, 0.29) is 12.0 Å². The van der Waals surface area contributed by atoms with Gasteiger partial charge in [-0.15, -0.1) is 0 Å². The quantitative estimate of drug-likeness (QED) is 0.805. The fraction of sp³-hybridized carbons (Fsp3) is 0.438. The normalized spacial score (nSPS) is 14.9. The fourth-order valence-electron chi connectivity index (χ4n) is 2.40. The van der Waals surface area contributed by atoms with Crippen molar-refractivity contribution in [1.29, 1.82) is 0 Å². The molecule has 0 aromatic heterocycles. The summed E-state index contributed by atoms with van der Waals surface area (Å²) in [6, 6.07) is 8.95. The van der Waals surface area contributed by atoms with Gasteiger partial charge in [0.05, 0.1) is 0 Å². The number of amides is 3. The molecule has 1 saturated heterocycles. The first kappa shape index (κ1) is 16.8. The van der Waals surface area contributed by atoms with Crippen LogP contribution in [0.5, 0.6) is 5.75 Å². The third-order valence-corrected chi connectivity index (χ3v) is 3.81. The highest BCUT2D eigenvalue weighted by atomic mass is 16.6. The maximum atomic E-state index is 12.0. The molecule has 124 valence electrons. The van der Waals surface area contributed by atoms with Crippen LogP contribution >= 0.6 is 0 Å². The van der Waals surface area contributed by atoms with Crippen molar-refractivity contribution in [2.75, 3.05) is 26.7 Å². The second-order valence-electron chi connectivity index (χ2n) is 5.40. The number of hydrogen-bond donors (Lipinski definition) is 2. The van der Waals surface area contributed by atoms with Crippen molar-refractivity contribution < 1.29 is 19.1 Å². The molecule has 0 atom stereocenters. The number of carbonyl (C=O) groups excluding carboxylic acids is 3. The van der Waals surface area contributed by atoms with E-state index in [9.17, 15) is 14.4 Å². The van der Waals surface area contributed by atoms with Gasteiger partial charge in [-0.2, -0.15) is 0 Å². The highest BCUT2D eigenvalue weighted by Gasteiger charge is 2.25. The van der Waals surface area contributed by atoms with Gasteiger partial charge in [-0.05, 0) is 30.9 Å². The van der Waals surface area contributed by atoms with Crippen molar-refractivity contribution in [2.24, 2.45) is 5.92 Å². The molecule has 1 aliphatic heterocycles. The third-order valence-electron chi connectivity index (χ3n) is 3.81. The molecule has 3 amide bonds. The Bertz CT molecular complexity index is 554. The van der Waals surface area contributed by atoms with E-state index in [0.717, 1.165) is 12.8 Å². The number of likely N-dealkylation sites (N-methyl/N-ethyl adjacent to an activating group) is 1. The molecule has 0 unspecified atom stereocenters. The summed E-state index contributed by atoms with van der Waals surface area (Å²) in [5.74, 6) is -0.492. The van der Waals surface area contributed by atoms with Crippen LogP contribution in [0.2, 0.25) is 0 Å². The van der Waals surface area contributed by atoms with E-state index in [1.54, 1.807) is 17.0 Å². The van der Waals surface area contributed by atoms with Crippen molar-refractivity contribution >= 4 is 17.9 Å². The van der Waals surface area contributed by atoms with Crippen molar-refractivity contribution in [2.45, 2.75) is 12.8 Å². The van der Waals surface area contributed by atoms with Crippen LogP contribution in [-0.4, -0.2) is 49.5 Å². The molecule has 1 aromatic carbocycles. The van der Waals surface area contributed by atoms with Crippen molar-refractivity contribution in [3.8, 4) is 5.75 Å². The average Bonchev–Trinajstić information content (AvgIpc) is 2.60. The molecule has 0 radical (unpaired) electrons. The Morgan fingerprint density at radius 2 is 1.78 bits per heavy atom. The zero-order valence-electron chi connectivity index (χ0n) is 13.1. The van der Waals surface area contributed by atoms with Crippen LogP contribution in [-0.2, 0) is 9.59 Å². The van der Waals surface area contributed by atoms with Gasteiger partial charge < -0.3 is 20.3 Å². The van der Waals surface area contributed by atoms with Crippen LogP contribution in [0.1, 0.15) is 12.8 Å². The number of carbonyl (C=O) groups is 3. The highest BCUT2D eigenvalue weighted by molar-refractivity contribution is 6.34. The zero-order chi connectivity index (χ0) is 16.7. The summed E-state index contributed by atoms with van der Waals surface area (Å²) in [7, 11) is 1.42. The van der Waals surface area contributed by atoms with E-state index >= 15 is 0 Å². The van der Waals surface area contributed by atoms with Crippen LogP contribution in [0.3, 0.4) is 0 Å². The van der Waals surface area contributed by atoms with Gasteiger partial charge in [0.25, 0.3) is 0 Å². The third kappa shape index (κ3) is 4.98. The molecule has 2 rings (SSSR count). The van der Waals surface area contributed by atoms with Crippen LogP contribution in [0, 0.1) is 5.92 Å². The van der Waals surface area contributed by atoms with Crippen LogP contribution in [0.25, 0.3) is 0 Å². The first-order chi connectivity index (χ1) is 11.1. The van der Waals surface area contributed by atoms with E-state index in [1.165, 1.54) is 7.05 Å². The lowest BCUT2D eigenvalue weighted by molar-refractivity contribution is -0.139. The summed E-state index contributed by atoms with van der Waals surface area (Å²) < 4.78 is 5.30. The summed E-state index contributed by atoms with van der Waals surface area (Å²) >= 11 is 0. The SMILES string of the molecule is CNC(=O)C(=O)NCC1CCN(C(=O)Oc2ccccc2)CC1. The number of benzene rings is 1. The van der Waals surface area contributed by atoms with Crippen molar-refractivity contribution in [1.82, 2.24) is 15.5 Å².